The summed E-state index contributed by atoms with van der Waals surface area (Å²) in [7, 11) is 1.62. The quantitative estimate of drug-likeness (QED) is 0.869. The molecule has 0 bridgehead atoms. The van der Waals surface area contributed by atoms with Gasteiger partial charge in [-0.15, -0.1) is 0 Å². The van der Waals surface area contributed by atoms with Crippen molar-refractivity contribution in [1.29, 1.82) is 0 Å². The van der Waals surface area contributed by atoms with Gasteiger partial charge in [0.25, 0.3) is 0 Å². The first-order valence-electron chi connectivity index (χ1n) is 9.23. The predicted molar refractivity (Wildman–Crippen MR) is 98.5 cm³/mol. The molecule has 26 heavy (non-hydrogen) atoms. The van der Waals surface area contributed by atoms with Crippen LogP contribution < -0.4 is 15.0 Å². The van der Waals surface area contributed by atoms with Crippen molar-refractivity contribution in [2.24, 2.45) is 0 Å². The van der Waals surface area contributed by atoms with E-state index >= 15 is 0 Å². The van der Waals surface area contributed by atoms with E-state index in [-0.39, 0.29) is 18.0 Å². The second-order valence-corrected chi connectivity index (χ2v) is 6.73. The first-order chi connectivity index (χ1) is 12.6. The minimum Gasteiger partial charge on any atom is -0.497 e. The third kappa shape index (κ3) is 4.27. The second kappa shape index (κ2) is 8.40. The molecule has 0 aliphatic carbocycles. The number of methoxy groups -OCH3 is 1. The van der Waals surface area contributed by atoms with E-state index in [1.807, 2.05) is 36.1 Å². The molecule has 7 heteroatoms. The summed E-state index contributed by atoms with van der Waals surface area (Å²) >= 11 is 0. The van der Waals surface area contributed by atoms with E-state index in [2.05, 4.69) is 5.32 Å². The lowest BCUT2D eigenvalue weighted by Gasteiger charge is -2.33. The maximum Gasteiger partial charge on any atom is 0.409 e. The maximum atomic E-state index is 12.4. The lowest BCUT2D eigenvalue weighted by molar-refractivity contribution is -0.117. The van der Waals surface area contributed by atoms with Crippen LogP contribution in [-0.2, 0) is 9.53 Å². The largest absolute Gasteiger partial charge is 0.497 e. The maximum absolute atomic E-state index is 12.4. The normalized spacial score (nSPS) is 21.2. The zero-order chi connectivity index (χ0) is 18.5. The van der Waals surface area contributed by atoms with Crippen LogP contribution in [0.4, 0.5) is 10.5 Å². The Morgan fingerprint density at radius 1 is 1.27 bits per heavy atom. The van der Waals surface area contributed by atoms with Crippen LogP contribution in [0.1, 0.15) is 26.2 Å². The number of likely N-dealkylation sites (tertiary alicyclic amines) is 1. The van der Waals surface area contributed by atoms with Gasteiger partial charge in [0.1, 0.15) is 5.75 Å². The fraction of sp³-hybridized carbons (Fsp3) is 0.579. The number of rotatable bonds is 5. The zero-order valence-corrected chi connectivity index (χ0v) is 15.4. The van der Waals surface area contributed by atoms with Gasteiger partial charge in [-0.05, 0) is 31.9 Å². The molecule has 1 aromatic rings. The Morgan fingerprint density at radius 2 is 2.04 bits per heavy atom. The zero-order valence-electron chi connectivity index (χ0n) is 15.4. The Morgan fingerprint density at radius 3 is 2.73 bits per heavy atom. The minimum absolute atomic E-state index is 0.125. The number of amides is 2. The molecule has 0 aromatic heterocycles. The number of nitrogens with zero attached hydrogens (tertiary/aromatic N) is 2. The van der Waals surface area contributed by atoms with Crippen LogP contribution in [0.15, 0.2) is 24.3 Å². The van der Waals surface area contributed by atoms with Crippen molar-refractivity contribution in [1.82, 2.24) is 10.2 Å². The molecule has 2 aliphatic heterocycles. The van der Waals surface area contributed by atoms with E-state index in [1.165, 1.54) is 0 Å². The van der Waals surface area contributed by atoms with Gasteiger partial charge in [0.05, 0.1) is 13.7 Å². The second-order valence-electron chi connectivity index (χ2n) is 6.73. The average Bonchev–Trinajstić information content (AvgIpc) is 3.02. The molecule has 2 saturated heterocycles. The molecule has 2 heterocycles. The third-order valence-corrected chi connectivity index (χ3v) is 4.98. The van der Waals surface area contributed by atoms with Gasteiger partial charge in [-0.1, -0.05) is 6.07 Å². The van der Waals surface area contributed by atoms with Gasteiger partial charge >= 0.3 is 6.09 Å². The van der Waals surface area contributed by atoms with Crippen LogP contribution in [0.5, 0.6) is 5.75 Å². The number of nitrogens with one attached hydrogen (secondary N) is 1. The summed E-state index contributed by atoms with van der Waals surface area (Å²) in [5, 5.41) is 3.60. The molecule has 0 saturated carbocycles. The van der Waals surface area contributed by atoms with Crippen molar-refractivity contribution >= 4 is 17.7 Å². The molecule has 7 nitrogen and oxygen atoms in total. The summed E-state index contributed by atoms with van der Waals surface area (Å²) in [4.78, 5) is 27.7. The first-order valence-corrected chi connectivity index (χ1v) is 9.23. The number of piperidine rings is 1. The molecule has 2 amide bonds. The number of carbonyl (C=O) groups is 2. The van der Waals surface area contributed by atoms with E-state index in [9.17, 15) is 9.59 Å². The molecule has 0 spiro atoms. The van der Waals surface area contributed by atoms with E-state index in [1.54, 1.807) is 12.0 Å². The van der Waals surface area contributed by atoms with E-state index in [4.69, 9.17) is 9.47 Å². The van der Waals surface area contributed by atoms with Crippen LogP contribution in [0.25, 0.3) is 0 Å². The Balaban J connectivity index is 1.51. The van der Waals surface area contributed by atoms with Crippen molar-refractivity contribution < 1.29 is 19.1 Å². The topological polar surface area (TPSA) is 71.1 Å². The van der Waals surface area contributed by atoms with Gasteiger partial charge in [-0.25, -0.2) is 4.79 Å². The van der Waals surface area contributed by atoms with Crippen LogP contribution in [0.2, 0.25) is 0 Å². The van der Waals surface area contributed by atoms with Crippen molar-refractivity contribution in [2.45, 2.75) is 38.3 Å². The van der Waals surface area contributed by atoms with Crippen molar-refractivity contribution in [3.8, 4) is 5.75 Å². The molecule has 1 N–H and O–H groups in total. The Labute approximate surface area is 154 Å². The number of hydrogen-bond acceptors (Lipinski definition) is 5. The molecule has 0 radical (unpaired) electrons. The molecule has 1 atom stereocenters. The smallest absolute Gasteiger partial charge is 0.409 e. The highest BCUT2D eigenvalue weighted by atomic mass is 16.6. The summed E-state index contributed by atoms with van der Waals surface area (Å²) in [5.74, 6) is 0.873. The number of ether oxygens (including phenoxy) is 2. The predicted octanol–water partition coefficient (Wildman–Crippen LogP) is 2.01. The molecular formula is C19H27N3O4. The highest BCUT2D eigenvalue weighted by Crippen LogP contribution is 2.26. The number of benzene rings is 1. The summed E-state index contributed by atoms with van der Waals surface area (Å²) in [6, 6.07) is 8.04. The van der Waals surface area contributed by atoms with Crippen LogP contribution in [0, 0.1) is 0 Å². The summed E-state index contributed by atoms with van der Waals surface area (Å²) in [6.07, 6.45) is 2.02. The van der Waals surface area contributed by atoms with Gasteiger partial charge in [0, 0.05) is 49.9 Å². The SMILES string of the molecule is CCOC(=O)N1CCC(NC2CC(=O)N(c3cccc(OC)c3)C2)CC1. The van der Waals surface area contributed by atoms with E-state index < -0.39 is 0 Å². The molecule has 3 rings (SSSR count). The van der Waals surface area contributed by atoms with Crippen LogP contribution in [0.3, 0.4) is 0 Å². The Kier molecular flexibility index (Phi) is 5.98. The fourth-order valence-corrected chi connectivity index (χ4v) is 3.62. The number of anilines is 1. The first kappa shape index (κ1) is 18.5. The lowest BCUT2D eigenvalue weighted by Crippen LogP contribution is -2.48. The molecule has 142 valence electrons. The molecular weight excluding hydrogens is 334 g/mol. The summed E-state index contributed by atoms with van der Waals surface area (Å²) < 4.78 is 10.3. The average molecular weight is 361 g/mol. The molecule has 1 aromatic carbocycles. The summed E-state index contributed by atoms with van der Waals surface area (Å²) in [6.45, 7) is 4.26. The van der Waals surface area contributed by atoms with E-state index in [0.29, 0.717) is 38.7 Å². The fourth-order valence-electron chi connectivity index (χ4n) is 3.62. The standard InChI is InChI=1S/C19H27N3O4/c1-3-26-19(24)21-9-7-14(8-10-21)20-15-11-18(23)22(13-15)16-5-4-6-17(12-16)25-2/h4-6,12,14-15,20H,3,7-11,13H2,1-2H3. The Bertz CT molecular complexity index is 643. The molecule has 1 unspecified atom stereocenters. The highest BCUT2D eigenvalue weighted by molar-refractivity contribution is 5.96. The molecule has 2 aliphatic rings. The van der Waals surface area contributed by atoms with E-state index in [0.717, 1.165) is 24.3 Å². The lowest BCUT2D eigenvalue weighted by atomic mass is 10.0. The van der Waals surface area contributed by atoms with Gasteiger partial charge in [-0.2, -0.15) is 0 Å². The minimum atomic E-state index is -0.230. The third-order valence-electron chi connectivity index (χ3n) is 4.98. The highest BCUT2D eigenvalue weighted by Gasteiger charge is 2.33. The van der Waals surface area contributed by atoms with Gasteiger partial charge in [0.15, 0.2) is 0 Å². The monoisotopic (exact) mass is 361 g/mol. The van der Waals surface area contributed by atoms with Crippen LogP contribution in [-0.4, -0.2) is 62.3 Å². The van der Waals surface area contributed by atoms with Gasteiger partial charge in [0.2, 0.25) is 5.91 Å². The van der Waals surface area contributed by atoms with Crippen molar-refractivity contribution in [3.63, 3.8) is 0 Å². The summed E-state index contributed by atoms with van der Waals surface area (Å²) in [5.41, 5.74) is 0.871. The number of carbonyl (C=O) groups excluding carboxylic acids is 2. The number of hydrogen-bond donors (Lipinski definition) is 1. The van der Waals surface area contributed by atoms with Crippen molar-refractivity contribution in [3.05, 3.63) is 24.3 Å². The van der Waals surface area contributed by atoms with Crippen LogP contribution >= 0.6 is 0 Å². The molecule has 2 fully saturated rings. The van der Waals surface area contributed by atoms with Crippen molar-refractivity contribution in [2.75, 3.05) is 38.3 Å². The Hall–Kier alpha value is -2.28. The van der Waals surface area contributed by atoms with Gasteiger partial charge in [-0.3, -0.25) is 4.79 Å². The van der Waals surface area contributed by atoms with Gasteiger partial charge < -0.3 is 24.6 Å².